The molecule has 3 heterocycles. The van der Waals surface area contributed by atoms with E-state index in [1.807, 2.05) is 0 Å². The fraction of sp³-hybridized carbons (Fsp3) is 0.533. The van der Waals surface area contributed by atoms with Crippen LogP contribution in [0.15, 0.2) is 24.4 Å². The van der Waals surface area contributed by atoms with E-state index in [0.717, 1.165) is 31.0 Å². The molecule has 1 aliphatic heterocycles. The van der Waals surface area contributed by atoms with Crippen molar-refractivity contribution in [1.82, 2.24) is 14.3 Å². The van der Waals surface area contributed by atoms with Crippen molar-refractivity contribution in [3.63, 3.8) is 0 Å². The highest BCUT2D eigenvalue weighted by Crippen LogP contribution is 2.15. The predicted octanol–water partition coefficient (Wildman–Crippen LogP) is 2.25. The van der Waals surface area contributed by atoms with E-state index in [-0.39, 0.29) is 0 Å². The lowest BCUT2D eigenvalue weighted by Gasteiger charge is -2.34. The monoisotopic (exact) mass is 259 g/mol. The van der Waals surface area contributed by atoms with Crippen LogP contribution in [0.2, 0.25) is 0 Å². The van der Waals surface area contributed by atoms with Crippen molar-refractivity contribution in [1.29, 1.82) is 0 Å². The normalized spacial score (nSPS) is 25.0. The summed E-state index contributed by atoms with van der Waals surface area (Å²) >= 11 is 0. The van der Waals surface area contributed by atoms with Gasteiger partial charge in [-0.2, -0.15) is 0 Å². The van der Waals surface area contributed by atoms with Gasteiger partial charge in [0.05, 0.1) is 17.9 Å². The number of fused-ring (bicyclic) bond motifs is 1. The van der Waals surface area contributed by atoms with Crippen molar-refractivity contribution in [2.24, 2.45) is 0 Å². The minimum absolute atomic E-state index is 0.308. The molecule has 1 aliphatic rings. The molecular formula is C15H21N3O. The van der Waals surface area contributed by atoms with Gasteiger partial charge in [-0.3, -0.25) is 4.90 Å². The maximum atomic E-state index is 5.76. The highest BCUT2D eigenvalue weighted by Gasteiger charge is 2.22. The van der Waals surface area contributed by atoms with Gasteiger partial charge in [0.15, 0.2) is 0 Å². The number of pyridine rings is 1. The van der Waals surface area contributed by atoms with Gasteiger partial charge in [0.25, 0.3) is 0 Å². The van der Waals surface area contributed by atoms with E-state index in [1.54, 1.807) is 0 Å². The van der Waals surface area contributed by atoms with Gasteiger partial charge in [-0.05, 0) is 32.9 Å². The first-order valence-corrected chi connectivity index (χ1v) is 6.93. The van der Waals surface area contributed by atoms with E-state index in [9.17, 15) is 0 Å². The van der Waals surface area contributed by atoms with E-state index in [0.29, 0.717) is 12.2 Å². The lowest BCUT2D eigenvalue weighted by Crippen LogP contribution is -2.44. The van der Waals surface area contributed by atoms with Crippen LogP contribution in [0.5, 0.6) is 0 Å². The zero-order chi connectivity index (χ0) is 13.4. The van der Waals surface area contributed by atoms with Crippen molar-refractivity contribution in [3.05, 3.63) is 35.8 Å². The van der Waals surface area contributed by atoms with Crippen molar-refractivity contribution in [2.75, 3.05) is 13.1 Å². The number of nitrogens with zero attached hydrogens (tertiary/aromatic N) is 3. The Labute approximate surface area is 114 Å². The molecule has 4 heteroatoms. The summed E-state index contributed by atoms with van der Waals surface area (Å²) in [5, 5.41) is 0. The van der Waals surface area contributed by atoms with Crippen LogP contribution in [-0.2, 0) is 11.3 Å². The second-order valence-corrected chi connectivity index (χ2v) is 5.58. The van der Waals surface area contributed by atoms with Gasteiger partial charge in [-0.1, -0.05) is 6.07 Å². The lowest BCUT2D eigenvalue weighted by molar-refractivity contribution is -0.0707. The van der Waals surface area contributed by atoms with Crippen LogP contribution in [-0.4, -0.2) is 39.6 Å². The largest absolute Gasteiger partial charge is 0.373 e. The Morgan fingerprint density at radius 3 is 2.68 bits per heavy atom. The molecule has 0 aliphatic carbocycles. The van der Waals surface area contributed by atoms with Crippen LogP contribution in [0.4, 0.5) is 0 Å². The van der Waals surface area contributed by atoms with Crippen molar-refractivity contribution < 1.29 is 4.74 Å². The Hall–Kier alpha value is -1.39. The van der Waals surface area contributed by atoms with Gasteiger partial charge in [-0.25, -0.2) is 4.98 Å². The van der Waals surface area contributed by atoms with Gasteiger partial charge < -0.3 is 9.14 Å². The van der Waals surface area contributed by atoms with E-state index in [4.69, 9.17) is 9.72 Å². The Morgan fingerprint density at radius 1 is 1.26 bits per heavy atom. The summed E-state index contributed by atoms with van der Waals surface area (Å²) in [7, 11) is 0. The third-order valence-corrected chi connectivity index (χ3v) is 3.63. The van der Waals surface area contributed by atoms with E-state index < -0.39 is 0 Å². The summed E-state index contributed by atoms with van der Waals surface area (Å²) in [6.45, 7) is 9.25. The third-order valence-electron chi connectivity index (χ3n) is 3.63. The van der Waals surface area contributed by atoms with Crippen LogP contribution in [0.25, 0.3) is 5.65 Å². The van der Waals surface area contributed by atoms with Crippen molar-refractivity contribution in [2.45, 2.75) is 39.5 Å². The maximum absolute atomic E-state index is 5.76. The van der Waals surface area contributed by atoms with Gasteiger partial charge in [-0.15, -0.1) is 0 Å². The molecule has 2 aromatic heterocycles. The number of aromatic nitrogens is 2. The van der Waals surface area contributed by atoms with E-state index in [2.05, 4.69) is 54.5 Å². The molecule has 1 fully saturated rings. The molecule has 0 bridgehead atoms. The second-order valence-electron chi connectivity index (χ2n) is 5.58. The second kappa shape index (κ2) is 4.94. The van der Waals surface area contributed by atoms with Crippen LogP contribution in [0.1, 0.15) is 25.2 Å². The highest BCUT2D eigenvalue weighted by atomic mass is 16.5. The van der Waals surface area contributed by atoms with Gasteiger partial charge >= 0.3 is 0 Å². The summed E-state index contributed by atoms with van der Waals surface area (Å²) in [5.74, 6) is 0. The molecule has 2 aromatic rings. The summed E-state index contributed by atoms with van der Waals surface area (Å²) in [6, 6.07) is 6.22. The van der Waals surface area contributed by atoms with Crippen molar-refractivity contribution >= 4 is 5.65 Å². The number of hydrogen-bond donors (Lipinski definition) is 0. The van der Waals surface area contributed by atoms with Gasteiger partial charge in [0.2, 0.25) is 0 Å². The molecule has 102 valence electrons. The Bertz CT molecular complexity index is 568. The summed E-state index contributed by atoms with van der Waals surface area (Å²) < 4.78 is 7.92. The predicted molar refractivity (Wildman–Crippen MR) is 75.2 cm³/mol. The minimum atomic E-state index is 0.308. The molecule has 0 amide bonds. The molecule has 1 saturated heterocycles. The summed E-state index contributed by atoms with van der Waals surface area (Å²) in [4.78, 5) is 7.12. The number of aryl methyl sites for hydroxylation is 1. The smallest absolute Gasteiger partial charge is 0.137 e. The fourth-order valence-electron chi connectivity index (χ4n) is 2.92. The van der Waals surface area contributed by atoms with E-state index >= 15 is 0 Å². The molecule has 0 N–H and O–H groups in total. The van der Waals surface area contributed by atoms with Crippen molar-refractivity contribution in [3.8, 4) is 0 Å². The molecule has 19 heavy (non-hydrogen) atoms. The van der Waals surface area contributed by atoms with Crippen LogP contribution in [0.3, 0.4) is 0 Å². The maximum Gasteiger partial charge on any atom is 0.137 e. The molecule has 4 nitrogen and oxygen atoms in total. The standard InChI is InChI=1S/C15H21N3O/c1-11-5-4-6-15-16-14(10-18(11)15)9-17-7-12(2)19-13(3)8-17/h4-6,10,12-13H,7-9H2,1-3H3/t12-,13+. The van der Waals surface area contributed by atoms with Gasteiger partial charge in [0, 0.05) is 31.5 Å². The third kappa shape index (κ3) is 2.65. The fourth-order valence-corrected chi connectivity index (χ4v) is 2.92. The number of imidazole rings is 1. The molecule has 0 spiro atoms. The number of morpholine rings is 1. The average Bonchev–Trinajstić information content (AvgIpc) is 2.71. The van der Waals surface area contributed by atoms with E-state index in [1.165, 1.54) is 5.69 Å². The quantitative estimate of drug-likeness (QED) is 0.828. The number of ether oxygens (including phenoxy) is 1. The Kier molecular flexibility index (Phi) is 3.29. The molecule has 0 saturated carbocycles. The Balaban J connectivity index is 1.79. The Morgan fingerprint density at radius 2 is 2.00 bits per heavy atom. The van der Waals surface area contributed by atoms with Crippen LogP contribution >= 0.6 is 0 Å². The zero-order valence-corrected chi connectivity index (χ0v) is 11.8. The molecule has 0 radical (unpaired) electrons. The van der Waals surface area contributed by atoms with Crippen LogP contribution < -0.4 is 0 Å². The molecule has 0 aromatic carbocycles. The lowest BCUT2D eigenvalue weighted by atomic mass is 10.2. The first kappa shape index (κ1) is 12.6. The first-order chi connectivity index (χ1) is 9.11. The first-order valence-electron chi connectivity index (χ1n) is 6.93. The molecular weight excluding hydrogens is 238 g/mol. The van der Waals surface area contributed by atoms with Crippen LogP contribution in [0, 0.1) is 6.92 Å². The number of rotatable bonds is 2. The summed E-state index contributed by atoms with van der Waals surface area (Å²) in [5.41, 5.74) is 3.39. The topological polar surface area (TPSA) is 29.8 Å². The number of hydrogen-bond acceptors (Lipinski definition) is 3. The molecule has 0 unspecified atom stereocenters. The minimum Gasteiger partial charge on any atom is -0.373 e. The SMILES string of the molecule is Cc1cccc2nc(CN3C[C@@H](C)O[C@@H](C)C3)cn12. The average molecular weight is 259 g/mol. The molecule has 3 rings (SSSR count). The summed E-state index contributed by atoms with van der Waals surface area (Å²) in [6.07, 6.45) is 2.76. The highest BCUT2D eigenvalue weighted by molar-refractivity contribution is 5.41. The molecule has 2 atom stereocenters. The zero-order valence-electron chi connectivity index (χ0n) is 11.8. The van der Waals surface area contributed by atoms with Gasteiger partial charge in [0.1, 0.15) is 5.65 Å².